The van der Waals surface area contributed by atoms with Gasteiger partial charge < -0.3 is 25.7 Å². The van der Waals surface area contributed by atoms with E-state index in [1.165, 1.54) is 12.1 Å². The molecule has 0 aliphatic heterocycles. The number of benzene rings is 4. The van der Waals surface area contributed by atoms with Crippen LogP contribution in [0.5, 0.6) is 5.75 Å². The number of amides is 3. The number of nitrogens with zero attached hydrogens (tertiary/aromatic N) is 1. The summed E-state index contributed by atoms with van der Waals surface area (Å²) in [5, 5.41) is 6.98. The lowest BCUT2D eigenvalue weighted by molar-refractivity contribution is -0.137. The fraction of sp³-hybridized carbons (Fsp3) is 0.216. The van der Waals surface area contributed by atoms with Crippen molar-refractivity contribution in [3.05, 3.63) is 136 Å². The summed E-state index contributed by atoms with van der Waals surface area (Å²) in [6, 6.07) is 23.3. The zero-order chi connectivity index (χ0) is 35.1. The number of methoxy groups -OCH3 is 1. The molecule has 0 aliphatic carbocycles. The van der Waals surface area contributed by atoms with Gasteiger partial charge in [-0.25, -0.2) is 0 Å². The molecule has 0 radical (unpaired) electrons. The number of ether oxygens (including phenoxy) is 1. The van der Waals surface area contributed by atoms with E-state index < -0.39 is 29.6 Å². The van der Waals surface area contributed by atoms with Crippen molar-refractivity contribution < 1.29 is 32.3 Å². The first-order chi connectivity index (χ1) is 23.4. The lowest BCUT2D eigenvalue weighted by atomic mass is 10.0. The fourth-order valence-electron chi connectivity index (χ4n) is 5.52. The Morgan fingerprint density at radius 1 is 0.898 bits per heavy atom. The van der Waals surface area contributed by atoms with Gasteiger partial charge in [0.15, 0.2) is 0 Å². The molecule has 1 aromatic heterocycles. The van der Waals surface area contributed by atoms with Crippen molar-refractivity contribution in [2.45, 2.75) is 38.0 Å². The number of fused-ring (bicyclic) bond motifs is 1. The van der Waals surface area contributed by atoms with Gasteiger partial charge in [0.2, 0.25) is 11.8 Å². The molecule has 5 rings (SSSR count). The molecule has 0 unspecified atom stereocenters. The number of primary amides is 1. The maximum Gasteiger partial charge on any atom is 0.416 e. The number of nitrogens with two attached hydrogens (primary N) is 1. The molecule has 4 N–H and O–H groups in total. The third kappa shape index (κ3) is 9.20. The quantitative estimate of drug-likeness (QED) is 0.139. The van der Waals surface area contributed by atoms with Crippen molar-refractivity contribution in [2.75, 3.05) is 13.7 Å². The number of carbonyl (C=O) groups is 3. The number of hydrogen-bond donors (Lipinski definition) is 3. The Kier molecular flexibility index (Phi) is 10.9. The van der Waals surface area contributed by atoms with Crippen molar-refractivity contribution in [1.29, 1.82) is 0 Å². The summed E-state index contributed by atoms with van der Waals surface area (Å²) in [5.74, 6) is -0.801. The van der Waals surface area contributed by atoms with Gasteiger partial charge in [-0.2, -0.15) is 13.2 Å². The average Bonchev–Trinajstić information content (AvgIpc) is 3.40. The minimum Gasteiger partial charge on any atom is -0.497 e. The topological polar surface area (TPSA) is 115 Å². The molecule has 12 heteroatoms. The number of nitrogens with one attached hydrogen (secondary N) is 2. The van der Waals surface area contributed by atoms with Crippen LogP contribution in [0.1, 0.15) is 38.2 Å². The molecule has 0 aliphatic rings. The Hall–Kier alpha value is -5.29. The Balaban J connectivity index is 1.37. The maximum atomic E-state index is 13.7. The SMILES string of the molecule is COc1ccc(C[C@H](NC(=O)c2ccc3c(c2)c(CC(N)=O)cn3Cc2ccc(C(F)(F)F)cc2)C(=O)NCCc2ccc(Cl)cc2)cc1. The second kappa shape index (κ2) is 15.3. The molecule has 3 amide bonds. The number of alkyl halides is 3. The molecular weight excluding hydrogens is 657 g/mol. The molecule has 0 fully saturated rings. The van der Waals surface area contributed by atoms with E-state index in [0.29, 0.717) is 45.8 Å². The first-order valence-corrected chi connectivity index (χ1v) is 15.8. The van der Waals surface area contributed by atoms with E-state index in [1.807, 2.05) is 24.3 Å². The Labute approximate surface area is 286 Å². The fourth-order valence-corrected chi connectivity index (χ4v) is 5.65. The van der Waals surface area contributed by atoms with Crippen LogP contribution >= 0.6 is 11.6 Å². The molecule has 0 saturated carbocycles. The molecule has 0 spiro atoms. The van der Waals surface area contributed by atoms with E-state index in [1.54, 1.807) is 60.3 Å². The molecule has 0 saturated heterocycles. The van der Waals surface area contributed by atoms with Crippen molar-refractivity contribution in [3.63, 3.8) is 0 Å². The number of halogens is 4. The molecule has 5 aromatic rings. The van der Waals surface area contributed by atoms with Crippen LogP contribution in [0.3, 0.4) is 0 Å². The van der Waals surface area contributed by atoms with Gasteiger partial charge in [-0.3, -0.25) is 14.4 Å². The Morgan fingerprint density at radius 3 is 2.18 bits per heavy atom. The van der Waals surface area contributed by atoms with Gasteiger partial charge in [0, 0.05) is 47.2 Å². The number of rotatable bonds is 13. The molecule has 4 aromatic carbocycles. The van der Waals surface area contributed by atoms with E-state index in [0.717, 1.165) is 23.3 Å². The van der Waals surface area contributed by atoms with E-state index in [-0.39, 0.29) is 30.9 Å². The summed E-state index contributed by atoms with van der Waals surface area (Å²) in [5.41, 5.74) is 8.63. The highest BCUT2D eigenvalue weighted by Crippen LogP contribution is 2.30. The normalized spacial score (nSPS) is 12.0. The van der Waals surface area contributed by atoms with Crippen LogP contribution < -0.4 is 21.1 Å². The van der Waals surface area contributed by atoms with Gasteiger partial charge in [0.25, 0.3) is 5.91 Å². The molecular formula is C37H34ClF3N4O4. The van der Waals surface area contributed by atoms with Gasteiger partial charge in [-0.05, 0) is 83.3 Å². The van der Waals surface area contributed by atoms with Crippen molar-refractivity contribution in [2.24, 2.45) is 5.73 Å². The second-order valence-corrected chi connectivity index (χ2v) is 12.0. The highest BCUT2D eigenvalue weighted by atomic mass is 35.5. The highest BCUT2D eigenvalue weighted by Gasteiger charge is 2.30. The number of hydrogen-bond acceptors (Lipinski definition) is 4. The summed E-state index contributed by atoms with van der Waals surface area (Å²) in [4.78, 5) is 39.0. The lowest BCUT2D eigenvalue weighted by Crippen LogP contribution is -2.48. The lowest BCUT2D eigenvalue weighted by Gasteiger charge is -2.19. The Morgan fingerprint density at radius 2 is 1.55 bits per heavy atom. The molecule has 8 nitrogen and oxygen atoms in total. The third-order valence-corrected chi connectivity index (χ3v) is 8.32. The van der Waals surface area contributed by atoms with Gasteiger partial charge in [-0.1, -0.05) is 48.0 Å². The maximum absolute atomic E-state index is 13.7. The van der Waals surface area contributed by atoms with E-state index in [9.17, 15) is 27.6 Å². The predicted octanol–water partition coefficient (Wildman–Crippen LogP) is 6.10. The van der Waals surface area contributed by atoms with Crippen LogP contribution in [-0.4, -0.2) is 42.0 Å². The molecule has 0 bridgehead atoms. The van der Waals surface area contributed by atoms with Crippen LogP contribution in [0.2, 0.25) is 5.02 Å². The van der Waals surface area contributed by atoms with Crippen LogP contribution in [0.15, 0.2) is 97.2 Å². The predicted molar refractivity (Wildman–Crippen MR) is 182 cm³/mol. The smallest absolute Gasteiger partial charge is 0.416 e. The second-order valence-electron chi connectivity index (χ2n) is 11.6. The van der Waals surface area contributed by atoms with E-state index >= 15 is 0 Å². The van der Waals surface area contributed by atoms with Gasteiger partial charge in [0.05, 0.1) is 19.1 Å². The molecule has 254 valence electrons. The minimum atomic E-state index is -4.45. The summed E-state index contributed by atoms with van der Waals surface area (Å²) >= 11 is 5.98. The highest BCUT2D eigenvalue weighted by molar-refractivity contribution is 6.30. The first-order valence-electron chi connectivity index (χ1n) is 15.4. The Bertz CT molecular complexity index is 1940. The summed E-state index contributed by atoms with van der Waals surface area (Å²) in [7, 11) is 1.56. The molecule has 1 heterocycles. The standard InChI is InChI=1S/C37H34ClF3N4O4/c1-49-30-13-6-24(7-14-30)18-32(36(48)43-17-16-23-4-11-29(38)12-5-23)44-35(47)26-8-15-33-31(19-26)27(20-34(42)46)22-45(33)21-25-2-9-28(10-3-25)37(39,40)41/h2-15,19,22,32H,16-18,20-21H2,1H3,(H2,42,46)(H,43,48)(H,44,47)/t32-/m0/s1. The van der Waals surface area contributed by atoms with Gasteiger partial charge in [0.1, 0.15) is 11.8 Å². The van der Waals surface area contributed by atoms with Crippen LogP contribution in [0, 0.1) is 0 Å². The third-order valence-electron chi connectivity index (χ3n) is 8.07. The van der Waals surface area contributed by atoms with Crippen LogP contribution in [-0.2, 0) is 41.6 Å². The van der Waals surface area contributed by atoms with Crippen LogP contribution in [0.25, 0.3) is 10.9 Å². The molecule has 1 atom stereocenters. The van der Waals surface area contributed by atoms with E-state index in [2.05, 4.69) is 10.6 Å². The summed E-state index contributed by atoms with van der Waals surface area (Å²) in [6.07, 6.45) is -2.08. The van der Waals surface area contributed by atoms with E-state index in [4.69, 9.17) is 22.1 Å². The number of carbonyl (C=O) groups excluding carboxylic acids is 3. The van der Waals surface area contributed by atoms with Crippen LogP contribution in [0.4, 0.5) is 13.2 Å². The monoisotopic (exact) mass is 690 g/mol. The van der Waals surface area contributed by atoms with Crippen molar-refractivity contribution in [3.8, 4) is 5.75 Å². The van der Waals surface area contributed by atoms with Gasteiger partial charge in [-0.15, -0.1) is 0 Å². The first kappa shape index (κ1) is 35.0. The zero-order valence-corrected chi connectivity index (χ0v) is 27.3. The largest absolute Gasteiger partial charge is 0.497 e. The van der Waals surface area contributed by atoms with Crippen molar-refractivity contribution >= 4 is 40.2 Å². The average molecular weight is 691 g/mol. The number of aromatic nitrogens is 1. The van der Waals surface area contributed by atoms with Crippen molar-refractivity contribution in [1.82, 2.24) is 15.2 Å². The zero-order valence-electron chi connectivity index (χ0n) is 26.5. The minimum absolute atomic E-state index is 0.113. The van der Waals surface area contributed by atoms with Gasteiger partial charge >= 0.3 is 6.18 Å². The summed E-state index contributed by atoms with van der Waals surface area (Å²) in [6.45, 7) is 0.559. The summed E-state index contributed by atoms with van der Waals surface area (Å²) < 4.78 is 46.2. The molecule has 49 heavy (non-hydrogen) atoms.